The minimum atomic E-state index is -3.93. The number of hydrogen-bond donors (Lipinski definition) is 2. The van der Waals surface area contributed by atoms with Gasteiger partial charge in [0.1, 0.15) is 35.4 Å². The van der Waals surface area contributed by atoms with Crippen LogP contribution < -0.4 is 19.5 Å². The number of nitrogens with zero attached hydrogens (tertiary/aromatic N) is 4. The van der Waals surface area contributed by atoms with Crippen LogP contribution in [0.3, 0.4) is 0 Å². The highest BCUT2D eigenvalue weighted by molar-refractivity contribution is 7.91. The van der Waals surface area contributed by atoms with E-state index in [1.807, 2.05) is 39.0 Å². The number of nitrogens with one attached hydrogen (secondary N) is 2. The number of aromatic nitrogens is 2. The molecule has 7 rings (SSSR count). The molecule has 3 aromatic rings. The van der Waals surface area contributed by atoms with Crippen LogP contribution in [0, 0.1) is 17.3 Å². The Balaban J connectivity index is 1.21. The van der Waals surface area contributed by atoms with Crippen molar-refractivity contribution in [3.63, 3.8) is 0 Å². The maximum atomic E-state index is 14.9. The first-order chi connectivity index (χ1) is 27.5. The number of pyridine rings is 2. The minimum Gasteiger partial charge on any atom is -0.497 e. The molecule has 4 amide bonds. The first-order valence-corrected chi connectivity index (χ1v) is 21.4. The fourth-order valence-electron chi connectivity index (χ4n) is 7.99. The smallest absolute Gasteiger partial charge is 0.259 e. The first kappa shape index (κ1) is 41.1. The number of alkyl halides is 1. The summed E-state index contributed by atoms with van der Waals surface area (Å²) in [7, 11) is -2.37. The molecule has 2 aromatic heterocycles. The Morgan fingerprint density at radius 2 is 1.81 bits per heavy atom. The minimum absolute atomic E-state index is 0.0160. The molecule has 5 atom stereocenters. The van der Waals surface area contributed by atoms with Crippen LogP contribution in [-0.2, 0) is 29.2 Å². The predicted octanol–water partition coefficient (Wildman–Crippen LogP) is 4.34. The average molecular weight is 819 g/mol. The number of fused-ring (bicyclic) bond motifs is 1. The maximum absolute atomic E-state index is 14.9. The van der Waals surface area contributed by atoms with E-state index in [9.17, 15) is 32.0 Å². The van der Waals surface area contributed by atoms with Gasteiger partial charge in [0.2, 0.25) is 27.7 Å². The van der Waals surface area contributed by atoms with Gasteiger partial charge in [-0.3, -0.25) is 28.9 Å². The monoisotopic (exact) mass is 818 g/mol. The summed E-state index contributed by atoms with van der Waals surface area (Å²) in [4.78, 5) is 68.9. The third kappa shape index (κ3) is 8.52. The molecule has 14 nitrogen and oxygen atoms in total. The zero-order valence-corrected chi connectivity index (χ0v) is 34.1. The summed E-state index contributed by atoms with van der Waals surface area (Å²) in [6.45, 7) is 9.83. The Kier molecular flexibility index (Phi) is 11.3. The van der Waals surface area contributed by atoms with E-state index in [1.54, 1.807) is 42.5 Å². The second kappa shape index (κ2) is 15.9. The highest BCUT2D eigenvalue weighted by atomic mass is 32.2. The van der Waals surface area contributed by atoms with E-state index in [0.29, 0.717) is 46.6 Å². The fraction of sp³-hybridized carbons (Fsp3) is 0.524. The van der Waals surface area contributed by atoms with Crippen LogP contribution in [-0.4, -0.2) is 108 Å². The van der Waals surface area contributed by atoms with Gasteiger partial charge in [-0.05, 0) is 61.8 Å². The van der Waals surface area contributed by atoms with E-state index in [1.165, 1.54) is 11.0 Å². The van der Waals surface area contributed by atoms with E-state index < -0.39 is 74.1 Å². The lowest BCUT2D eigenvalue weighted by atomic mass is 9.77. The number of carbonyl (C=O) groups excluding carboxylic acids is 4. The largest absolute Gasteiger partial charge is 0.497 e. The topological polar surface area (TPSA) is 177 Å². The highest BCUT2D eigenvalue weighted by Gasteiger charge is 2.62. The number of likely N-dealkylation sites (tertiary alicyclic amines) is 2. The number of benzene rings is 1. The number of ether oxygens (including phenoxy) is 2. The van der Waals surface area contributed by atoms with Gasteiger partial charge in [-0.2, -0.15) is 0 Å². The summed E-state index contributed by atoms with van der Waals surface area (Å²) >= 11 is 0. The van der Waals surface area contributed by atoms with Gasteiger partial charge in [0.25, 0.3) is 5.91 Å². The van der Waals surface area contributed by atoms with Crippen molar-refractivity contribution < 1.29 is 41.5 Å². The molecule has 0 radical (unpaired) electrons. The molecule has 2 aliphatic carbocycles. The lowest BCUT2D eigenvalue weighted by Gasteiger charge is -2.37. The number of halogens is 1. The van der Waals surface area contributed by atoms with Crippen molar-refractivity contribution >= 4 is 44.6 Å². The lowest BCUT2D eigenvalue weighted by molar-refractivity contribution is -0.149. The molecule has 1 aromatic carbocycles. The van der Waals surface area contributed by atoms with Gasteiger partial charge in [0, 0.05) is 55.6 Å². The molecule has 2 aliphatic heterocycles. The SMILES string of the molecule is C=CC1C[C@]1(NC(=O)[C@@H]1C[C@@H](Oc2cc(-c3ccccn3)nc3cc(OC)ccc23)CN1C(=O)[C@@H](CC(=O)N1CCC(F)CC1)C(C)(C)C)C(=O)NS(=O)(=O)C1CC1. The molecule has 2 saturated heterocycles. The Morgan fingerprint density at radius 1 is 1.07 bits per heavy atom. The third-order valence-corrected chi connectivity index (χ3v) is 13.6. The van der Waals surface area contributed by atoms with Crippen LogP contribution >= 0.6 is 0 Å². The number of sulfonamides is 1. The van der Waals surface area contributed by atoms with Gasteiger partial charge in [-0.15, -0.1) is 6.58 Å². The van der Waals surface area contributed by atoms with Gasteiger partial charge in [0.15, 0.2) is 0 Å². The van der Waals surface area contributed by atoms with Crippen LogP contribution in [0.4, 0.5) is 4.39 Å². The zero-order valence-electron chi connectivity index (χ0n) is 33.3. The summed E-state index contributed by atoms with van der Waals surface area (Å²) < 4.78 is 53.9. The van der Waals surface area contributed by atoms with Gasteiger partial charge in [-0.25, -0.2) is 17.8 Å². The summed E-state index contributed by atoms with van der Waals surface area (Å²) in [6, 6.07) is 11.4. The normalized spacial score (nSPS) is 24.2. The highest BCUT2D eigenvalue weighted by Crippen LogP contribution is 2.46. The van der Waals surface area contributed by atoms with Crippen molar-refractivity contribution in [1.82, 2.24) is 29.8 Å². The molecule has 2 saturated carbocycles. The lowest BCUT2D eigenvalue weighted by Crippen LogP contribution is -2.57. The molecule has 0 spiro atoms. The molecule has 4 heterocycles. The van der Waals surface area contributed by atoms with Crippen LogP contribution in [0.5, 0.6) is 11.5 Å². The van der Waals surface area contributed by atoms with Gasteiger partial charge >= 0.3 is 0 Å². The molecular formula is C42H51FN6O8S. The van der Waals surface area contributed by atoms with E-state index in [-0.39, 0.29) is 57.6 Å². The molecule has 1 unspecified atom stereocenters. The van der Waals surface area contributed by atoms with E-state index in [4.69, 9.17) is 14.5 Å². The number of rotatable bonds is 13. The number of hydrogen-bond acceptors (Lipinski definition) is 10. The first-order valence-electron chi connectivity index (χ1n) is 19.8. The summed E-state index contributed by atoms with van der Waals surface area (Å²) in [5, 5.41) is 2.83. The number of piperidine rings is 1. The summed E-state index contributed by atoms with van der Waals surface area (Å²) in [5.41, 5.74) is -0.614. The second-order valence-corrected chi connectivity index (χ2v) is 18.9. The Labute approximate surface area is 338 Å². The Morgan fingerprint density at radius 3 is 2.43 bits per heavy atom. The Hall–Kier alpha value is -5.12. The van der Waals surface area contributed by atoms with Crippen LogP contribution in [0.25, 0.3) is 22.3 Å². The van der Waals surface area contributed by atoms with E-state index >= 15 is 0 Å². The van der Waals surface area contributed by atoms with Crippen molar-refractivity contribution in [2.45, 2.75) is 94.8 Å². The van der Waals surface area contributed by atoms with Crippen LogP contribution in [0.2, 0.25) is 0 Å². The second-order valence-electron chi connectivity index (χ2n) is 16.9. The van der Waals surface area contributed by atoms with Gasteiger partial charge < -0.3 is 24.6 Å². The van der Waals surface area contributed by atoms with E-state index in [0.717, 1.165) is 0 Å². The third-order valence-electron chi connectivity index (χ3n) is 11.8. The van der Waals surface area contributed by atoms with E-state index in [2.05, 4.69) is 21.6 Å². The van der Waals surface area contributed by atoms with Gasteiger partial charge in [0.05, 0.1) is 41.7 Å². The molecule has 4 aliphatic rings. The molecule has 4 fully saturated rings. The molecule has 16 heteroatoms. The average Bonchev–Trinajstić information content (AvgIpc) is 4.13. The van der Waals surface area contributed by atoms with Crippen molar-refractivity contribution in [3.05, 3.63) is 61.3 Å². The van der Waals surface area contributed by atoms with Crippen molar-refractivity contribution in [3.8, 4) is 22.9 Å². The summed E-state index contributed by atoms with van der Waals surface area (Å²) in [5.74, 6) is -2.63. The van der Waals surface area contributed by atoms with Gasteiger partial charge in [-0.1, -0.05) is 32.9 Å². The van der Waals surface area contributed by atoms with Crippen molar-refractivity contribution in [1.29, 1.82) is 0 Å². The molecular weight excluding hydrogens is 768 g/mol. The van der Waals surface area contributed by atoms with Crippen molar-refractivity contribution in [2.75, 3.05) is 26.7 Å². The van der Waals surface area contributed by atoms with Crippen molar-refractivity contribution in [2.24, 2.45) is 17.3 Å². The quantitative estimate of drug-likeness (QED) is 0.236. The number of methoxy groups -OCH3 is 1. The standard InChI is InChI=1S/C42H51FN6O8S/c1-6-25-23-42(25,40(53)47-58(54,55)29-11-12-29)46-38(51)35-20-28(24-49(35)39(52)31(41(2,3)4)21-37(50)48-17-14-26(43)15-18-48)57-36-22-34(32-9-7-8-16-44-32)45-33-19-27(56-5)10-13-30(33)36/h6-10,13,16,19,22,25-26,28-29,31,35H,1,11-12,14-15,17-18,20-21,23-24H2,2-5H3,(H,46,51)(H,47,53)/t25?,28-,31-,35+,42-/m1/s1. The molecule has 2 N–H and O–H groups in total. The van der Waals surface area contributed by atoms with Crippen LogP contribution in [0.15, 0.2) is 61.3 Å². The zero-order chi connectivity index (χ0) is 41.6. The maximum Gasteiger partial charge on any atom is 0.259 e. The Bertz CT molecular complexity index is 2210. The predicted molar refractivity (Wildman–Crippen MR) is 214 cm³/mol. The molecule has 58 heavy (non-hydrogen) atoms. The molecule has 0 bridgehead atoms. The fourth-order valence-corrected chi connectivity index (χ4v) is 9.35. The summed E-state index contributed by atoms with van der Waals surface area (Å²) in [6.07, 6.45) is 2.80. The number of carbonyl (C=O) groups is 4. The number of amides is 4. The van der Waals surface area contributed by atoms with Crippen LogP contribution in [0.1, 0.15) is 65.7 Å². The molecule has 310 valence electrons.